The molecule has 0 spiro atoms. The molecule has 96 valence electrons. The number of rotatable bonds is 5. The Morgan fingerprint density at radius 3 is 2.88 bits per heavy atom. The first-order valence-corrected chi connectivity index (χ1v) is 6.87. The van der Waals surface area contributed by atoms with Gasteiger partial charge < -0.3 is 14.8 Å². The van der Waals surface area contributed by atoms with Gasteiger partial charge in [-0.3, -0.25) is 0 Å². The van der Waals surface area contributed by atoms with Gasteiger partial charge in [0.1, 0.15) is 0 Å². The minimum Gasteiger partial charge on any atom is -0.381 e. The molecule has 1 atom stereocenters. The molecule has 1 aromatic rings. The highest BCUT2D eigenvalue weighted by molar-refractivity contribution is 7.09. The normalized spacial score (nSPS) is 21.3. The molecule has 2 heterocycles. The first-order chi connectivity index (χ1) is 8.30. The molecular weight excluding hydrogens is 236 g/mol. The Morgan fingerprint density at radius 2 is 2.35 bits per heavy atom. The number of methoxy groups -OCH3 is 1. The van der Waals surface area contributed by atoms with Gasteiger partial charge in [0.15, 0.2) is 0 Å². The fourth-order valence-corrected chi connectivity index (χ4v) is 3.15. The molecule has 0 bridgehead atoms. The van der Waals surface area contributed by atoms with Crippen LogP contribution in [0.2, 0.25) is 0 Å². The van der Waals surface area contributed by atoms with Gasteiger partial charge in [0.2, 0.25) is 0 Å². The standard InChI is InChI=1S/C12H20N2O2S/c1-13-10(9-11-14-5-8-17-11)12(15-2)3-6-16-7-4-12/h5,8,10,13H,3-4,6-7,9H2,1-2H3. The van der Waals surface area contributed by atoms with E-state index in [4.69, 9.17) is 9.47 Å². The second-order valence-corrected chi connectivity index (χ2v) is 5.33. The lowest BCUT2D eigenvalue weighted by Crippen LogP contribution is -2.55. The van der Waals surface area contributed by atoms with Crippen molar-refractivity contribution in [3.8, 4) is 0 Å². The quantitative estimate of drug-likeness (QED) is 0.866. The van der Waals surface area contributed by atoms with Gasteiger partial charge in [0.25, 0.3) is 0 Å². The van der Waals surface area contributed by atoms with Crippen molar-refractivity contribution in [3.63, 3.8) is 0 Å². The number of hydrogen-bond acceptors (Lipinski definition) is 5. The number of aromatic nitrogens is 1. The first kappa shape index (κ1) is 13.0. The van der Waals surface area contributed by atoms with Crippen molar-refractivity contribution in [3.05, 3.63) is 16.6 Å². The summed E-state index contributed by atoms with van der Waals surface area (Å²) in [5.74, 6) is 0. The predicted octanol–water partition coefficient (Wildman–Crippen LogP) is 1.47. The molecule has 1 aliphatic rings. The summed E-state index contributed by atoms with van der Waals surface area (Å²) in [6, 6.07) is 0.294. The molecule has 1 aliphatic heterocycles. The SMILES string of the molecule is CNC(Cc1nccs1)C1(OC)CCOCC1. The zero-order chi connectivity index (χ0) is 12.1. The molecule has 1 aromatic heterocycles. The molecule has 0 aliphatic carbocycles. The van der Waals surface area contributed by atoms with Crippen molar-refractivity contribution in [2.45, 2.75) is 30.9 Å². The Labute approximate surface area is 106 Å². The third-order valence-electron chi connectivity index (χ3n) is 3.59. The van der Waals surface area contributed by atoms with Crippen molar-refractivity contribution in [1.29, 1.82) is 0 Å². The van der Waals surface area contributed by atoms with E-state index >= 15 is 0 Å². The summed E-state index contributed by atoms with van der Waals surface area (Å²) in [6.07, 6.45) is 4.67. The van der Waals surface area contributed by atoms with Gasteiger partial charge in [-0.25, -0.2) is 4.98 Å². The Kier molecular flexibility index (Phi) is 4.50. The number of nitrogens with zero attached hydrogens (tertiary/aromatic N) is 1. The molecular formula is C12H20N2O2S. The minimum atomic E-state index is -0.112. The largest absolute Gasteiger partial charge is 0.381 e. The summed E-state index contributed by atoms with van der Waals surface area (Å²) >= 11 is 1.70. The van der Waals surface area contributed by atoms with Gasteiger partial charge in [0.05, 0.1) is 10.6 Å². The van der Waals surface area contributed by atoms with E-state index in [0.29, 0.717) is 6.04 Å². The highest BCUT2D eigenvalue weighted by Gasteiger charge is 2.40. The number of thiazole rings is 1. The summed E-state index contributed by atoms with van der Waals surface area (Å²) in [7, 11) is 3.80. The van der Waals surface area contributed by atoms with Crippen LogP contribution in [0.5, 0.6) is 0 Å². The lowest BCUT2D eigenvalue weighted by atomic mass is 9.84. The lowest BCUT2D eigenvalue weighted by Gasteiger charge is -2.42. The van der Waals surface area contributed by atoms with Crippen LogP contribution in [0.25, 0.3) is 0 Å². The lowest BCUT2D eigenvalue weighted by molar-refractivity contribution is -0.109. The topological polar surface area (TPSA) is 43.4 Å². The molecule has 1 fully saturated rings. The minimum absolute atomic E-state index is 0.112. The smallest absolute Gasteiger partial charge is 0.0941 e. The molecule has 17 heavy (non-hydrogen) atoms. The second-order valence-electron chi connectivity index (χ2n) is 4.35. The van der Waals surface area contributed by atoms with Crippen LogP contribution in [0.4, 0.5) is 0 Å². The zero-order valence-corrected chi connectivity index (χ0v) is 11.3. The van der Waals surface area contributed by atoms with E-state index in [9.17, 15) is 0 Å². The van der Waals surface area contributed by atoms with Gasteiger partial charge in [-0.05, 0) is 7.05 Å². The first-order valence-electron chi connectivity index (χ1n) is 5.99. The zero-order valence-electron chi connectivity index (χ0n) is 10.4. The average Bonchev–Trinajstić information content (AvgIpc) is 2.89. The second kappa shape index (κ2) is 5.91. The molecule has 2 rings (SSSR count). The van der Waals surface area contributed by atoms with Crippen molar-refractivity contribution in [1.82, 2.24) is 10.3 Å². The summed E-state index contributed by atoms with van der Waals surface area (Å²) in [4.78, 5) is 4.36. The number of nitrogens with one attached hydrogen (secondary N) is 1. The van der Waals surface area contributed by atoms with Gasteiger partial charge in [-0.15, -0.1) is 11.3 Å². The van der Waals surface area contributed by atoms with Crippen LogP contribution in [0, 0.1) is 0 Å². The van der Waals surface area contributed by atoms with E-state index in [0.717, 1.165) is 37.5 Å². The molecule has 0 amide bonds. The highest BCUT2D eigenvalue weighted by atomic mass is 32.1. The van der Waals surface area contributed by atoms with Crippen LogP contribution in [0.15, 0.2) is 11.6 Å². The maximum Gasteiger partial charge on any atom is 0.0941 e. The van der Waals surface area contributed by atoms with Gasteiger partial charge >= 0.3 is 0 Å². The number of ether oxygens (including phenoxy) is 2. The summed E-state index contributed by atoms with van der Waals surface area (Å²) in [5.41, 5.74) is -0.112. The Bertz CT molecular complexity index is 323. The molecule has 1 saturated heterocycles. The average molecular weight is 256 g/mol. The fourth-order valence-electron chi connectivity index (χ4n) is 2.49. The molecule has 0 saturated carbocycles. The maximum atomic E-state index is 5.81. The van der Waals surface area contributed by atoms with Crippen LogP contribution in [0.1, 0.15) is 17.8 Å². The monoisotopic (exact) mass is 256 g/mol. The predicted molar refractivity (Wildman–Crippen MR) is 68.5 cm³/mol. The van der Waals surface area contributed by atoms with Crippen LogP contribution in [0.3, 0.4) is 0 Å². The molecule has 0 aromatic carbocycles. The van der Waals surface area contributed by atoms with Crippen molar-refractivity contribution in [2.75, 3.05) is 27.4 Å². The molecule has 0 radical (unpaired) electrons. The number of hydrogen-bond donors (Lipinski definition) is 1. The third-order valence-corrected chi connectivity index (χ3v) is 4.39. The van der Waals surface area contributed by atoms with Crippen LogP contribution < -0.4 is 5.32 Å². The Hall–Kier alpha value is -0.490. The van der Waals surface area contributed by atoms with Crippen LogP contribution in [-0.2, 0) is 15.9 Å². The van der Waals surface area contributed by atoms with E-state index in [2.05, 4.69) is 10.3 Å². The van der Waals surface area contributed by atoms with Gasteiger partial charge in [0, 0.05) is 57.2 Å². The maximum absolute atomic E-state index is 5.81. The fraction of sp³-hybridized carbons (Fsp3) is 0.750. The molecule has 4 nitrogen and oxygen atoms in total. The summed E-state index contributed by atoms with van der Waals surface area (Å²) < 4.78 is 11.3. The van der Waals surface area contributed by atoms with Gasteiger partial charge in [-0.1, -0.05) is 0 Å². The van der Waals surface area contributed by atoms with Crippen molar-refractivity contribution < 1.29 is 9.47 Å². The molecule has 5 heteroatoms. The molecule has 1 unspecified atom stereocenters. The third kappa shape index (κ3) is 2.85. The van der Waals surface area contributed by atoms with E-state index in [1.54, 1.807) is 18.4 Å². The number of likely N-dealkylation sites (N-methyl/N-ethyl adjacent to an activating group) is 1. The van der Waals surface area contributed by atoms with E-state index in [1.807, 2.05) is 18.6 Å². The van der Waals surface area contributed by atoms with Crippen molar-refractivity contribution in [2.24, 2.45) is 0 Å². The Morgan fingerprint density at radius 1 is 1.59 bits per heavy atom. The van der Waals surface area contributed by atoms with Crippen LogP contribution >= 0.6 is 11.3 Å². The summed E-state index contributed by atoms with van der Waals surface area (Å²) in [6.45, 7) is 1.56. The van der Waals surface area contributed by atoms with E-state index in [1.165, 1.54) is 0 Å². The van der Waals surface area contributed by atoms with Gasteiger partial charge in [-0.2, -0.15) is 0 Å². The highest BCUT2D eigenvalue weighted by Crippen LogP contribution is 2.30. The van der Waals surface area contributed by atoms with Crippen molar-refractivity contribution >= 4 is 11.3 Å². The summed E-state index contributed by atoms with van der Waals surface area (Å²) in [5, 5.41) is 6.57. The Balaban J connectivity index is 2.09. The van der Waals surface area contributed by atoms with Crippen LogP contribution in [-0.4, -0.2) is 44.0 Å². The molecule has 1 N–H and O–H groups in total. The van der Waals surface area contributed by atoms with E-state index < -0.39 is 0 Å². The van der Waals surface area contributed by atoms with E-state index in [-0.39, 0.29) is 5.60 Å².